The van der Waals surface area contributed by atoms with Gasteiger partial charge in [-0.2, -0.15) is 5.26 Å². The van der Waals surface area contributed by atoms with Gasteiger partial charge in [-0.25, -0.2) is 0 Å². The second-order valence-electron chi connectivity index (χ2n) is 3.94. The maximum Gasteiger partial charge on any atom is 0.189 e. The molecule has 2 aromatic rings. The summed E-state index contributed by atoms with van der Waals surface area (Å²) < 4.78 is 1.81. The van der Waals surface area contributed by atoms with E-state index < -0.39 is 0 Å². The van der Waals surface area contributed by atoms with Crippen LogP contribution >= 0.6 is 0 Å². The van der Waals surface area contributed by atoms with Gasteiger partial charge in [0.25, 0.3) is 0 Å². The van der Waals surface area contributed by atoms with Crippen LogP contribution in [-0.4, -0.2) is 4.57 Å². The zero-order valence-electron chi connectivity index (χ0n) is 9.32. The van der Waals surface area contributed by atoms with E-state index in [9.17, 15) is 4.79 Å². The fourth-order valence-electron chi connectivity index (χ4n) is 2.06. The molecule has 1 aromatic carbocycles. The molecule has 0 aliphatic rings. The summed E-state index contributed by atoms with van der Waals surface area (Å²) in [6.07, 6.45) is 1.68. The standard InChI is InChI=1S/C13H12N2O/c1-9-7-10(2)13-11(8-9)12(16)3-5-15(13)6-4-14/h3,5,7-8H,6H2,1-2H3. The average molecular weight is 212 g/mol. The highest BCUT2D eigenvalue weighted by molar-refractivity contribution is 5.82. The van der Waals surface area contributed by atoms with Crippen molar-refractivity contribution >= 4 is 10.9 Å². The fraction of sp³-hybridized carbons (Fsp3) is 0.231. The van der Waals surface area contributed by atoms with Gasteiger partial charge in [-0.3, -0.25) is 4.79 Å². The van der Waals surface area contributed by atoms with E-state index in [-0.39, 0.29) is 12.0 Å². The van der Waals surface area contributed by atoms with Gasteiger partial charge in [0.1, 0.15) is 6.54 Å². The molecule has 0 fully saturated rings. The third kappa shape index (κ3) is 1.59. The van der Waals surface area contributed by atoms with Gasteiger partial charge in [0.2, 0.25) is 0 Å². The third-order valence-corrected chi connectivity index (χ3v) is 2.64. The Bertz CT molecular complexity index is 647. The van der Waals surface area contributed by atoms with Gasteiger partial charge in [-0.1, -0.05) is 6.07 Å². The normalized spacial score (nSPS) is 10.3. The van der Waals surface area contributed by atoms with Gasteiger partial charge < -0.3 is 4.57 Å². The molecule has 0 aliphatic carbocycles. The Morgan fingerprint density at radius 3 is 2.81 bits per heavy atom. The summed E-state index contributed by atoms with van der Waals surface area (Å²) in [7, 11) is 0. The lowest BCUT2D eigenvalue weighted by molar-refractivity contribution is 0.858. The summed E-state index contributed by atoms with van der Waals surface area (Å²) in [4.78, 5) is 11.7. The Balaban J connectivity index is 2.93. The van der Waals surface area contributed by atoms with Crippen LogP contribution in [0.15, 0.2) is 29.2 Å². The molecule has 0 bridgehead atoms. The lowest BCUT2D eigenvalue weighted by Gasteiger charge is -2.10. The maximum atomic E-state index is 11.7. The minimum atomic E-state index is 0.0102. The summed E-state index contributed by atoms with van der Waals surface area (Å²) in [5, 5.41) is 9.44. The van der Waals surface area contributed by atoms with E-state index in [0.717, 1.165) is 16.6 Å². The first-order valence-electron chi connectivity index (χ1n) is 5.11. The minimum Gasteiger partial charge on any atom is -0.333 e. The van der Waals surface area contributed by atoms with Crippen molar-refractivity contribution in [3.63, 3.8) is 0 Å². The monoisotopic (exact) mass is 212 g/mol. The van der Waals surface area contributed by atoms with Gasteiger partial charge in [-0.05, 0) is 31.0 Å². The molecule has 0 saturated heterocycles. The number of nitrogens with zero attached hydrogens (tertiary/aromatic N) is 2. The highest BCUT2D eigenvalue weighted by atomic mass is 16.1. The molecule has 3 heteroatoms. The van der Waals surface area contributed by atoms with Gasteiger partial charge in [0, 0.05) is 17.6 Å². The number of aryl methyl sites for hydroxylation is 2. The Morgan fingerprint density at radius 2 is 2.12 bits per heavy atom. The zero-order valence-corrected chi connectivity index (χ0v) is 9.32. The molecule has 3 nitrogen and oxygen atoms in total. The van der Waals surface area contributed by atoms with E-state index in [1.165, 1.54) is 6.07 Å². The Kier molecular flexibility index (Phi) is 2.49. The van der Waals surface area contributed by atoms with E-state index in [1.54, 1.807) is 6.20 Å². The molecule has 0 aliphatic heterocycles. The molecular weight excluding hydrogens is 200 g/mol. The summed E-state index contributed by atoms with van der Waals surface area (Å²) in [5.74, 6) is 0. The molecule has 0 radical (unpaired) electrons. The number of hydrogen-bond donors (Lipinski definition) is 0. The number of pyridine rings is 1. The quantitative estimate of drug-likeness (QED) is 0.727. The number of rotatable bonds is 1. The van der Waals surface area contributed by atoms with Crippen molar-refractivity contribution < 1.29 is 0 Å². The summed E-state index contributed by atoms with van der Waals surface area (Å²) in [6.45, 7) is 4.19. The van der Waals surface area contributed by atoms with Crippen molar-refractivity contribution in [1.82, 2.24) is 4.57 Å². The largest absolute Gasteiger partial charge is 0.333 e. The van der Waals surface area contributed by atoms with Crippen molar-refractivity contribution in [3.8, 4) is 6.07 Å². The molecule has 1 heterocycles. The SMILES string of the molecule is Cc1cc(C)c2c(c1)c(=O)ccn2CC#N. The molecule has 0 N–H and O–H groups in total. The van der Waals surface area contributed by atoms with Gasteiger partial charge >= 0.3 is 0 Å². The van der Waals surface area contributed by atoms with E-state index in [0.29, 0.717) is 5.39 Å². The molecule has 0 saturated carbocycles. The van der Waals surface area contributed by atoms with Crippen LogP contribution < -0.4 is 5.43 Å². The molecule has 0 atom stereocenters. The predicted octanol–water partition coefficient (Wildman–Crippen LogP) is 2.14. The molecule has 0 spiro atoms. The van der Waals surface area contributed by atoms with Crippen LogP contribution in [0.3, 0.4) is 0 Å². The molecule has 1 aromatic heterocycles. The Labute approximate surface area is 93.6 Å². The van der Waals surface area contributed by atoms with Crippen LogP contribution in [0.1, 0.15) is 11.1 Å². The van der Waals surface area contributed by atoms with Crippen molar-refractivity contribution in [2.75, 3.05) is 0 Å². The second-order valence-corrected chi connectivity index (χ2v) is 3.94. The van der Waals surface area contributed by atoms with Crippen molar-refractivity contribution in [1.29, 1.82) is 5.26 Å². The van der Waals surface area contributed by atoms with E-state index in [2.05, 4.69) is 6.07 Å². The highest BCUT2D eigenvalue weighted by Crippen LogP contribution is 2.17. The lowest BCUT2D eigenvalue weighted by Crippen LogP contribution is -2.09. The predicted molar refractivity (Wildman–Crippen MR) is 63.3 cm³/mol. The summed E-state index contributed by atoms with van der Waals surface area (Å²) in [5.41, 5.74) is 2.97. The molecular formula is C13H12N2O. The number of hydrogen-bond acceptors (Lipinski definition) is 2. The maximum absolute atomic E-state index is 11.7. The lowest BCUT2D eigenvalue weighted by atomic mass is 10.1. The number of fused-ring (bicyclic) bond motifs is 1. The molecule has 0 unspecified atom stereocenters. The average Bonchev–Trinajstić information content (AvgIpc) is 2.22. The first-order valence-corrected chi connectivity index (χ1v) is 5.11. The van der Waals surface area contributed by atoms with Crippen LogP contribution in [-0.2, 0) is 6.54 Å². The van der Waals surface area contributed by atoms with Gasteiger partial charge in [0.15, 0.2) is 5.43 Å². The fourth-order valence-corrected chi connectivity index (χ4v) is 2.06. The molecule has 0 amide bonds. The molecule has 80 valence electrons. The highest BCUT2D eigenvalue weighted by Gasteiger charge is 2.06. The zero-order chi connectivity index (χ0) is 11.7. The summed E-state index contributed by atoms with van der Waals surface area (Å²) >= 11 is 0. The van der Waals surface area contributed by atoms with E-state index in [1.807, 2.05) is 30.5 Å². The molecule has 16 heavy (non-hydrogen) atoms. The Morgan fingerprint density at radius 1 is 1.38 bits per heavy atom. The number of aromatic nitrogens is 1. The number of benzene rings is 1. The van der Waals surface area contributed by atoms with Crippen LogP contribution in [0, 0.1) is 25.2 Å². The number of nitriles is 1. The van der Waals surface area contributed by atoms with Crippen molar-refractivity contribution in [2.45, 2.75) is 20.4 Å². The van der Waals surface area contributed by atoms with E-state index in [4.69, 9.17) is 5.26 Å². The van der Waals surface area contributed by atoms with Crippen LogP contribution in [0.2, 0.25) is 0 Å². The minimum absolute atomic E-state index is 0.0102. The first kappa shape index (κ1) is 10.4. The molecule has 2 rings (SSSR count). The third-order valence-electron chi connectivity index (χ3n) is 2.64. The van der Waals surface area contributed by atoms with Gasteiger partial charge in [-0.15, -0.1) is 0 Å². The van der Waals surface area contributed by atoms with Crippen LogP contribution in [0.4, 0.5) is 0 Å². The van der Waals surface area contributed by atoms with Gasteiger partial charge in [0.05, 0.1) is 11.6 Å². The summed E-state index contributed by atoms with van der Waals surface area (Å²) in [6, 6.07) is 7.51. The second kappa shape index (κ2) is 3.82. The van der Waals surface area contributed by atoms with E-state index >= 15 is 0 Å². The topological polar surface area (TPSA) is 45.8 Å². The van der Waals surface area contributed by atoms with Crippen molar-refractivity contribution in [2.24, 2.45) is 0 Å². The van der Waals surface area contributed by atoms with Crippen LogP contribution in [0.5, 0.6) is 0 Å². The smallest absolute Gasteiger partial charge is 0.189 e. The van der Waals surface area contributed by atoms with Crippen molar-refractivity contribution in [3.05, 3.63) is 45.7 Å². The first-order chi connectivity index (χ1) is 7.63. The Hall–Kier alpha value is -2.08. The van der Waals surface area contributed by atoms with Crippen LogP contribution in [0.25, 0.3) is 10.9 Å².